The van der Waals surface area contributed by atoms with Crippen LogP contribution in [0.5, 0.6) is 5.75 Å². The topological polar surface area (TPSA) is 67.8 Å². The second-order valence-corrected chi connectivity index (χ2v) is 4.59. The van der Waals surface area contributed by atoms with Gasteiger partial charge in [0.25, 0.3) is 0 Å². The van der Waals surface area contributed by atoms with Crippen LogP contribution in [0.1, 0.15) is 18.4 Å². The molecule has 1 aliphatic rings. The van der Waals surface area contributed by atoms with E-state index in [2.05, 4.69) is 5.32 Å². The molecule has 0 bridgehead atoms. The lowest BCUT2D eigenvalue weighted by Gasteiger charge is -2.11. The molecule has 5 heteroatoms. The van der Waals surface area contributed by atoms with Gasteiger partial charge in [0.2, 0.25) is 0 Å². The first-order chi connectivity index (χ1) is 9.24. The summed E-state index contributed by atoms with van der Waals surface area (Å²) in [5.74, 6) is -0.396. The Labute approximate surface area is 112 Å². The first kappa shape index (κ1) is 13.8. The lowest BCUT2D eigenvalue weighted by molar-refractivity contribution is -0.139. The van der Waals surface area contributed by atoms with Gasteiger partial charge in [-0.25, -0.2) is 4.79 Å². The number of carboxylic acids is 1. The molecule has 0 spiro atoms. The average molecular weight is 265 g/mol. The molecule has 1 saturated heterocycles. The maximum absolute atomic E-state index is 10.4. The predicted molar refractivity (Wildman–Crippen MR) is 70.3 cm³/mol. The molecule has 1 aromatic rings. The van der Waals surface area contributed by atoms with Crippen LogP contribution in [-0.2, 0) is 16.1 Å². The number of nitrogens with one attached hydrogen (secondary N) is 1. The van der Waals surface area contributed by atoms with Crippen LogP contribution in [-0.4, -0.2) is 36.9 Å². The number of hydrogen-bond acceptors (Lipinski definition) is 4. The Hall–Kier alpha value is -1.59. The summed E-state index contributed by atoms with van der Waals surface area (Å²) in [6.45, 7) is 2.22. The van der Waals surface area contributed by atoms with Gasteiger partial charge in [-0.3, -0.25) is 0 Å². The van der Waals surface area contributed by atoms with E-state index >= 15 is 0 Å². The van der Waals surface area contributed by atoms with Gasteiger partial charge < -0.3 is 19.9 Å². The van der Waals surface area contributed by atoms with Crippen molar-refractivity contribution in [3.63, 3.8) is 0 Å². The summed E-state index contributed by atoms with van der Waals surface area (Å²) in [7, 11) is 0. The van der Waals surface area contributed by atoms with E-state index in [0.717, 1.165) is 38.1 Å². The summed E-state index contributed by atoms with van der Waals surface area (Å²) in [5, 5.41) is 11.9. The highest BCUT2D eigenvalue weighted by Crippen LogP contribution is 2.13. The lowest BCUT2D eigenvalue weighted by atomic mass is 10.2. The van der Waals surface area contributed by atoms with Gasteiger partial charge in [0.1, 0.15) is 5.75 Å². The first-order valence-electron chi connectivity index (χ1n) is 6.50. The van der Waals surface area contributed by atoms with Gasteiger partial charge >= 0.3 is 5.97 Å². The normalized spacial score (nSPS) is 18.4. The molecule has 1 unspecified atom stereocenters. The summed E-state index contributed by atoms with van der Waals surface area (Å²) < 4.78 is 10.6. The maximum Gasteiger partial charge on any atom is 0.341 e. The highest BCUT2D eigenvalue weighted by Gasteiger charge is 2.14. The van der Waals surface area contributed by atoms with Crippen molar-refractivity contribution in [2.45, 2.75) is 25.5 Å². The van der Waals surface area contributed by atoms with Gasteiger partial charge in [-0.1, -0.05) is 12.1 Å². The molecule has 0 aliphatic carbocycles. The van der Waals surface area contributed by atoms with Crippen molar-refractivity contribution in [2.24, 2.45) is 0 Å². The summed E-state index contributed by atoms with van der Waals surface area (Å²) in [4.78, 5) is 10.4. The largest absolute Gasteiger partial charge is 0.482 e. The van der Waals surface area contributed by atoms with Crippen molar-refractivity contribution < 1.29 is 19.4 Å². The van der Waals surface area contributed by atoms with E-state index in [1.807, 2.05) is 12.1 Å². The Bertz CT molecular complexity index is 398. The first-order valence-corrected chi connectivity index (χ1v) is 6.50. The molecule has 0 amide bonds. The zero-order valence-corrected chi connectivity index (χ0v) is 10.8. The predicted octanol–water partition coefficient (Wildman–Crippen LogP) is 1.42. The summed E-state index contributed by atoms with van der Waals surface area (Å²) in [5.41, 5.74) is 1.14. The van der Waals surface area contributed by atoms with Crippen LogP contribution >= 0.6 is 0 Å². The minimum absolute atomic E-state index is 0.309. The monoisotopic (exact) mass is 265 g/mol. The van der Waals surface area contributed by atoms with Crippen molar-refractivity contribution in [3.8, 4) is 5.75 Å². The number of aliphatic carboxylic acids is 1. The van der Waals surface area contributed by atoms with Crippen molar-refractivity contribution in [2.75, 3.05) is 19.8 Å². The standard InChI is InChI=1S/C14H19NO4/c16-14(17)10-19-12-5-3-11(4-6-12)8-15-9-13-2-1-7-18-13/h3-6,13,15H,1-2,7-10H2,(H,16,17). The van der Waals surface area contributed by atoms with Gasteiger partial charge in [-0.15, -0.1) is 0 Å². The van der Waals surface area contributed by atoms with Crippen molar-refractivity contribution in [1.82, 2.24) is 5.32 Å². The maximum atomic E-state index is 10.4. The third-order valence-corrected chi connectivity index (χ3v) is 3.01. The molecule has 1 atom stereocenters. The Balaban J connectivity index is 1.70. The molecule has 104 valence electrons. The number of rotatable bonds is 7. The number of carbonyl (C=O) groups is 1. The molecular formula is C14H19NO4. The van der Waals surface area contributed by atoms with Crippen LogP contribution in [0.2, 0.25) is 0 Å². The van der Waals surface area contributed by atoms with E-state index in [4.69, 9.17) is 14.6 Å². The zero-order chi connectivity index (χ0) is 13.5. The van der Waals surface area contributed by atoms with Gasteiger partial charge in [0.15, 0.2) is 6.61 Å². The number of benzene rings is 1. The highest BCUT2D eigenvalue weighted by atomic mass is 16.5. The SMILES string of the molecule is O=C(O)COc1ccc(CNCC2CCCO2)cc1. The molecule has 2 rings (SSSR count). The van der Waals surface area contributed by atoms with Crippen LogP contribution in [0, 0.1) is 0 Å². The fraction of sp³-hybridized carbons (Fsp3) is 0.500. The molecular weight excluding hydrogens is 246 g/mol. The number of carboxylic acid groups (broad SMARTS) is 1. The smallest absolute Gasteiger partial charge is 0.341 e. The van der Waals surface area contributed by atoms with E-state index in [0.29, 0.717) is 11.9 Å². The van der Waals surface area contributed by atoms with E-state index in [9.17, 15) is 4.79 Å². The van der Waals surface area contributed by atoms with Crippen LogP contribution < -0.4 is 10.1 Å². The van der Waals surface area contributed by atoms with Crippen LogP contribution in [0.3, 0.4) is 0 Å². The van der Waals surface area contributed by atoms with Gasteiger partial charge in [0.05, 0.1) is 6.10 Å². The fourth-order valence-electron chi connectivity index (χ4n) is 2.03. The lowest BCUT2D eigenvalue weighted by Crippen LogP contribution is -2.25. The van der Waals surface area contributed by atoms with Crippen molar-refractivity contribution >= 4 is 5.97 Å². The molecule has 1 heterocycles. The summed E-state index contributed by atoms with van der Waals surface area (Å²) >= 11 is 0. The molecule has 1 aromatic carbocycles. The Kier molecular flexibility index (Phi) is 5.18. The van der Waals surface area contributed by atoms with Crippen LogP contribution in [0.4, 0.5) is 0 Å². The van der Waals surface area contributed by atoms with E-state index < -0.39 is 5.97 Å². The van der Waals surface area contributed by atoms with E-state index in [1.54, 1.807) is 12.1 Å². The molecule has 0 radical (unpaired) electrons. The van der Waals surface area contributed by atoms with Gasteiger partial charge in [-0.2, -0.15) is 0 Å². The molecule has 1 fully saturated rings. The fourth-order valence-corrected chi connectivity index (χ4v) is 2.03. The molecule has 5 nitrogen and oxygen atoms in total. The van der Waals surface area contributed by atoms with Crippen LogP contribution in [0.15, 0.2) is 24.3 Å². The third kappa shape index (κ3) is 4.89. The van der Waals surface area contributed by atoms with E-state index in [1.165, 1.54) is 0 Å². The molecule has 2 N–H and O–H groups in total. The Morgan fingerprint density at radius 1 is 1.42 bits per heavy atom. The minimum Gasteiger partial charge on any atom is -0.482 e. The van der Waals surface area contributed by atoms with E-state index in [-0.39, 0.29) is 6.61 Å². The molecule has 1 aliphatic heterocycles. The Morgan fingerprint density at radius 2 is 2.21 bits per heavy atom. The summed E-state index contributed by atoms with van der Waals surface area (Å²) in [6.07, 6.45) is 2.63. The number of ether oxygens (including phenoxy) is 2. The third-order valence-electron chi connectivity index (χ3n) is 3.01. The number of hydrogen-bond donors (Lipinski definition) is 2. The minimum atomic E-state index is -0.970. The quantitative estimate of drug-likeness (QED) is 0.780. The van der Waals surface area contributed by atoms with Crippen molar-refractivity contribution in [1.29, 1.82) is 0 Å². The molecule has 0 aromatic heterocycles. The molecule has 19 heavy (non-hydrogen) atoms. The second-order valence-electron chi connectivity index (χ2n) is 4.59. The highest BCUT2D eigenvalue weighted by molar-refractivity contribution is 5.68. The van der Waals surface area contributed by atoms with Gasteiger partial charge in [-0.05, 0) is 30.5 Å². The van der Waals surface area contributed by atoms with Crippen molar-refractivity contribution in [3.05, 3.63) is 29.8 Å². The average Bonchev–Trinajstić information content (AvgIpc) is 2.91. The summed E-state index contributed by atoms with van der Waals surface area (Å²) in [6, 6.07) is 7.43. The molecule has 0 saturated carbocycles. The second kappa shape index (κ2) is 7.11. The van der Waals surface area contributed by atoms with Gasteiger partial charge in [0, 0.05) is 19.7 Å². The Morgan fingerprint density at radius 3 is 2.84 bits per heavy atom. The zero-order valence-electron chi connectivity index (χ0n) is 10.8. The van der Waals surface area contributed by atoms with Crippen LogP contribution in [0.25, 0.3) is 0 Å².